The molecule has 1 aliphatic carbocycles. The number of carbonyl (C=O) groups excluding carboxylic acids is 2. The molecular weight excluding hydrogens is 460 g/mol. The van der Waals surface area contributed by atoms with E-state index in [0.29, 0.717) is 35.6 Å². The fourth-order valence-corrected chi connectivity index (χ4v) is 4.24. The maximum atomic E-state index is 13.0. The Kier molecular flexibility index (Phi) is 7.58. The number of hydrogen-bond acceptors (Lipinski definition) is 6. The van der Waals surface area contributed by atoms with E-state index in [1.165, 1.54) is 29.8 Å². The van der Waals surface area contributed by atoms with Gasteiger partial charge in [0.2, 0.25) is 0 Å². The molecule has 9 nitrogen and oxygen atoms in total. The number of nitro groups is 1. The molecule has 4 rings (SSSR count). The molecule has 2 aromatic carbocycles. The highest BCUT2D eigenvalue weighted by Gasteiger charge is 2.28. The maximum Gasteiger partial charge on any atom is 0.291 e. The topological polar surface area (TPSA) is 127 Å². The molecule has 0 bridgehead atoms. The Bertz CT molecular complexity index is 1310. The summed E-state index contributed by atoms with van der Waals surface area (Å²) in [6.07, 6.45) is 5.33. The molecule has 36 heavy (non-hydrogen) atoms. The summed E-state index contributed by atoms with van der Waals surface area (Å²) in [5, 5.41) is 18.0. The van der Waals surface area contributed by atoms with Crippen molar-refractivity contribution in [2.24, 2.45) is 5.10 Å². The lowest BCUT2D eigenvalue weighted by molar-refractivity contribution is -0.384. The summed E-state index contributed by atoms with van der Waals surface area (Å²) in [6, 6.07) is 13.1. The molecule has 0 atom stereocenters. The van der Waals surface area contributed by atoms with Gasteiger partial charge in [-0.05, 0) is 62.4 Å². The number of nitro benzene ring substituents is 1. The van der Waals surface area contributed by atoms with Crippen LogP contribution in [0.3, 0.4) is 0 Å². The molecule has 0 spiro atoms. The standard InChI is InChI=1S/C27H28N4O5/c1-3-4-6-18-9-13-20(14-10-18)28-27(33)25-17(2)24-22(7-5-8-23(24)36-25)29-30-26(32)19-11-15-21(16-12-19)31(34)35/h9-16H,3-8H2,1-2H3,(H,28,33)(H,30,32)/b29-22+. The van der Waals surface area contributed by atoms with E-state index in [1.807, 2.05) is 31.2 Å². The van der Waals surface area contributed by atoms with Gasteiger partial charge in [-0.2, -0.15) is 5.10 Å². The maximum absolute atomic E-state index is 13.0. The van der Waals surface area contributed by atoms with Crippen LogP contribution >= 0.6 is 0 Å². The third-order valence-corrected chi connectivity index (χ3v) is 6.20. The lowest BCUT2D eigenvalue weighted by Crippen LogP contribution is -2.22. The number of nitrogens with zero attached hydrogens (tertiary/aromatic N) is 2. The van der Waals surface area contributed by atoms with Crippen LogP contribution < -0.4 is 10.7 Å². The number of anilines is 1. The Labute approximate surface area is 208 Å². The number of nitrogens with one attached hydrogen (secondary N) is 2. The number of unbranched alkanes of at least 4 members (excludes halogenated alkanes) is 1. The van der Waals surface area contributed by atoms with Gasteiger partial charge in [-0.3, -0.25) is 19.7 Å². The van der Waals surface area contributed by atoms with E-state index in [4.69, 9.17) is 4.42 Å². The molecule has 3 aromatic rings. The predicted octanol–water partition coefficient (Wildman–Crippen LogP) is 5.56. The third kappa shape index (κ3) is 5.51. The quantitative estimate of drug-likeness (QED) is 0.317. The first-order chi connectivity index (χ1) is 17.4. The molecule has 1 heterocycles. The highest BCUT2D eigenvalue weighted by Crippen LogP contribution is 2.30. The van der Waals surface area contributed by atoms with E-state index in [2.05, 4.69) is 22.8 Å². The molecule has 2 N–H and O–H groups in total. The van der Waals surface area contributed by atoms with Crippen LogP contribution in [0.4, 0.5) is 11.4 Å². The molecule has 0 fully saturated rings. The van der Waals surface area contributed by atoms with Crippen molar-refractivity contribution >= 4 is 28.9 Å². The van der Waals surface area contributed by atoms with Crippen LogP contribution in [0.15, 0.2) is 58.0 Å². The molecule has 0 aliphatic heterocycles. The van der Waals surface area contributed by atoms with Crippen LogP contribution in [0.2, 0.25) is 0 Å². The molecule has 0 unspecified atom stereocenters. The van der Waals surface area contributed by atoms with E-state index in [0.717, 1.165) is 31.2 Å². The SMILES string of the molecule is CCCCc1ccc(NC(=O)c2oc3c(c2C)/C(=N/NC(=O)c2ccc([N+](=O)[O-])cc2)CCC3)cc1. The number of aryl methyl sites for hydroxylation is 2. The zero-order valence-electron chi connectivity index (χ0n) is 20.3. The van der Waals surface area contributed by atoms with Crippen molar-refractivity contribution in [1.82, 2.24) is 5.43 Å². The second-order valence-corrected chi connectivity index (χ2v) is 8.77. The number of fused-ring (bicyclic) bond motifs is 1. The van der Waals surface area contributed by atoms with E-state index < -0.39 is 10.8 Å². The summed E-state index contributed by atoms with van der Waals surface area (Å²) in [7, 11) is 0. The van der Waals surface area contributed by atoms with Gasteiger partial charge in [0.1, 0.15) is 5.76 Å². The van der Waals surface area contributed by atoms with Crippen LogP contribution in [-0.4, -0.2) is 22.4 Å². The van der Waals surface area contributed by atoms with Crippen molar-refractivity contribution in [1.29, 1.82) is 0 Å². The van der Waals surface area contributed by atoms with Gasteiger partial charge in [0, 0.05) is 40.9 Å². The fourth-order valence-electron chi connectivity index (χ4n) is 4.24. The second-order valence-electron chi connectivity index (χ2n) is 8.77. The monoisotopic (exact) mass is 488 g/mol. The molecule has 1 aliphatic rings. The number of rotatable bonds is 8. The number of furan rings is 1. The second kappa shape index (κ2) is 11.0. The van der Waals surface area contributed by atoms with Crippen LogP contribution in [0.25, 0.3) is 0 Å². The van der Waals surface area contributed by atoms with Gasteiger partial charge in [0.15, 0.2) is 5.76 Å². The smallest absolute Gasteiger partial charge is 0.291 e. The van der Waals surface area contributed by atoms with Gasteiger partial charge in [-0.15, -0.1) is 0 Å². The summed E-state index contributed by atoms with van der Waals surface area (Å²) in [6.45, 7) is 3.97. The lowest BCUT2D eigenvalue weighted by atomic mass is 9.93. The molecule has 9 heteroatoms. The van der Waals surface area contributed by atoms with Gasteiger partial charge in [0.25, 0.3) is 17.5 Å². The van der Waals surface area contributed by atoms with Gasteiger partial charge in [-0.1, -0.05) is 25.5 Å². The molecule has 2 amide bonds. The molecular formula is C27H28N4O5. The average Bonchev–Trinajstić information content (AvgIpc) is 3.24. The van der Waals surface area contributed by atoms with Crippen LogP contribution in [-0.2, 0) is 12.8 Å². The van der Waals surface area contributed by atoms with Crippen molar-refractivity contribution in [2.45, 2.75) is 52.4 Å². The Morgan fingerprint density at radius 3 is 2.44 bits per heavy atom. The highest BCUT2D eigenvalue weighted by molar-refractivity contribution is 6.09. The largest absolute Gasteiger partial charge is 0.455 e. The Hall–Kier alpha value is -4.27. The van der Waals surface area contributed by atoms with Gasteiger partial charge >= 0.3 is 0 Å². The van der Waals surface area contributed by atoms with E-state index >= 15 is 0 Å². The summed E-state index contributed by atoms with van der Waals surface area (Å²) < 4.78 is 5.94. The summed E-state index contributed by atoms with van der Waals surface area (Å²) in [4.78, 5) is 35.8. The van der Waals surface area contributed by atoms with Crippen molar-refractivity contribution in [3.8, 4) is 0 Å². The number of benzene rings is 2. The minimum Gasteiger partial charge on any atom is -0.455 e. The lowest BCUT2D eigenvalue weighted by Gasteiger charge is -2.13. The molecule has 0 radical (unpaired) electrons. The first-order valence-corrected chi connectivity index (χ1v) is 12.0. The first kappa shape index (κ1) is 24.8. The third-order valence-electron chi connectivity index (χ3n) is 6.20. The number of non-ortho nitro benzene ring substituents is 1. The van der Waals surface area contributed by atoms with Crippen LogP contribution in [0.1, 0.15) is 76.0 Å². The van der Waals surface area contributed by atoms with Crippen molar-refractivity contribution in [3.05, 3.63) is 92.4 Å². The Morgan fingerprint density at radius 1 is 1.06 bits per heavy atom. The van der Waals surface area contributed by atoms with Crippen molar-refractivity contribution in [3.63, 3.8) is 0 Å². The zero-order valence-corrected chi connectivity index (χ0v) is 20.3. The van der Waals surface area contributed by atoms with Crippen LogP contribution in [0.5, 0.6) is 0 Å². The number of hydrazone groups is 1. The van der Waals surface area contributed by atoms with E-state index in [9.17, 15) is 19.7 Å². The van der Waals surface area contributed by atoms with Crippen molar-refractivity contribution in [2.75, 3.05) is 5.32 Å². The average molecular weight is 489 g/mol. The summed E-state index contributed by atoms with van der Waals surface area (Å²) in [5.41, 5.74) is 6.65. The Morgan fingerprint density at radius 2 is 1.78 bits per heavy atom. The van der Waals surface area contributed by atoms with E-state index in [-0.39, 0.29) is 22.9 Å². The molecule has 0 saturated carbocycles. The van der Waals surface area contributed by atoms with E-state index in [1.54, 1.807) is 0 Å². The molecule has 1 aromatic heterocycles. The van der Waals surface area contributed by atoms with Gasteiger partial charge < -0.3 is 9.73 Å². The van der Waals surface area contributed by atoms with Crippen LogP contribution in [0, 0.1) is 17.0 Å². The number of amides is 2. The number of hydrogen-bond donors (Lipinski definition) is 2. The molecule has 186 valence electrons. The number of carbonyl (C=O) groups is 2. The van der Waals surface area contributed by atoms with Gasteiger partial charge in [-0.25, -0.2) is 5.43 Å². The predicted molar refractivity (Wildman–Crippen MR) is 136 cm³/mol. The minimum atomic E-state index is -0.524. The molecule has 0 saturated heterocycles. The van der Waals surface area contributed by atoms with Gasteiger partial charge in [0.05, 0.1) is 10.6 Å². The minimum absolute atomic E-state index is 0.0953. The highest BCUT2D eigenvalue weighted by atomic mass is 16.6. The van der Waals surface area contributed by atoms with Crippen molar-refractivity contribution < 1.29 is 18.9 Å². The summed E-state index contributed by atoms with van der Waals surface area (Å²) in [5.74, 6) is 0.0806. The zero-order chi connectivity index (χ0) is 25.7. The fraction of sp³-hybridized carbons (Fsp3) is 0.296. The first-order valence-electron chi connectivity index (χ1n) is 12.0. The summed E-state index contributed by atoms with van der Waals surface area (Å²) >= 11 is 0. The Balaban J connectivity index is 1.48. The normalized spacial score (nSPS) is 13.8.